The van der Waals surface area contributed by atoms with E-state index in [4.69, 9.17) is 11.6 Å². The first kappa shape index (κ1) is 15.7. The predicted octanol–water partition coefficient (Wildman–Crippen LogP) is 0.258. The van der Waals surface area contributed by atoms with Crippen molar-refractivity contribution < 1.29 is 17.9 Å². The van der Waals surface area contributed by atoms with Crippen molar-refractivity contribution in [2.24, 2.45) is 0 Å². The maximum Gasteiger partial charge on any atom is 0.323 e. The normalized spacial score (nSPS) is 13.0. The van der Waals surface area contributed by atoms with E-state index in [0.717, 1.165) is 12.3 Å². The molecule has 0 spiro atoms. The molecule has 7 nitrogen and oxygen atoms in total. The molecule has 1 aromatic heterocycles. The van der Waals surface area contributed by atoms with Gasteiger partial charge in [-0.05, 0) is 19.9 Å². The zero-order valence-electron chi connectivity index (χ0n) is 10.3. The Morgan fingerprint density at radius 2 is 2.21 bits per heavy atom. The van der Waals surface area contributed by atoms with Crippen LogP contribution in [-0.2, 0) is 19.6 Å². The summed E-state index contributed by atoms with van der Waals surface area (Å²) in [5.41, 5.74) is -0.598. The summed E-state index contributed by atoms with van der Waals surface area (Å²) < 4.78 is 30.6. The van der Waals surface area contributed by atoms with Gasteiger partial charge in [0.15, 0.2) is 0 Å². The summed E-state index contributed by atoms with van der Waals surface area (Å²) in [6.07, 6.45) is 0.994. The van der Waals surface area contributed by atoms with E-state index in [-0.39, 0.29) is 16.5 Å². The molecular weight excluding hydrogens is 296 g/mol. The quantitative estimate of drug-likeness (QED) is 0.759. The largest absolute Gasteiger partial charge is 0.465 e. The molecule has 1 atom stereocenters. The van der Waals surface area contributed by atoms with Gasteiger partial charge in [0.25, 0.3) is 5.56 Å². The van der Waals surface area contributed by atoms with Gasteiger partial charge < -0.3 is 9.72 Å². The third-order valence-corrected chi connectivity index (χ3v) is 3.91. The van der Waals surface area contributed by atoms with E-state index in [1.54, 1.807) is 6.92 Å². The maximum absolute atomic E-state index is 11.9. The molecule has 0 aliphatic rings. The number of esters is 1. The van der Waals surface area contributed by atoms with Crippen LogP contribution in [0, 0.1) is 0 Å². The summed E-state index contributed by atoms with van der Waals surface area (Å²) in [5, 5.41) is -0.258. The van der Waals surface area contributed by atoms with Crippen molar-refractivity contribution in [1.29, 1.82) is 0 Å². The third-order valence-electron chi connectivity index (χ3n) is 2.11. The summed E-state index contributed by atoms with van der Waals surface area (Å²) in [4.78, 5) is 24.3. The summed E-state index contributed by atoms with van der Waals surface area (Å²) >= 11 is 5.54. The van der Waals surface area contributed by atoms with Crippen molar-refractivity contribution in [3.8, 4) is 0 Å². The van der Waals surface area contributed by atoms with Gasteiger partial charge >= 0.3 is 5.97 Å². The molecule has 0 fully saturated rings. The van der Waals surface area contributed by atoms with Gasteiger partial charge in [-0.1, -0.05) is 11.6 Å². The lowest BCUT2D eigenvalue weighted by Gasteiger charge is -2.12. The molecule has 0 aliphatic heterocycles. The Morgan fingerprint density at radius 3 is 2.74 bits per heavy atom. The highest BCUT2D eigenvalue weighted by atomic mass is 35.5. The van der Waals surface area contributed by atoms with E-state index in [1.807, 2.05) is 0 Å². The second-order valence-corrected chi connectivity index (χ2v) is 5.73. The molecule has 1 rings (SSSR count). The van der Waals surface area contributed by atoms with Crippen LogP contribution in [0.3, 0.4) is 0 Å². The molecule has 1 aromatic rings. The molecular formula is C10H13ClN2O5S. The Morgan fingerprint density at radius 1 is 1.58 bits per heavy atom. The number of hydrogen-bond donors (Lipinski definition) is 2. The molecule has 1 unspecified atom stereocenters. The molecule has 9 heteroatoms. The van der Waals surface area contributed by atoms with Crippen molar-refractivity contribution in [1.82, 2.24) is 9.71 Å². The third kappa shape index (κ3) is 4.05. The van der Waals surface area contributed by atoms with E-state index < -0.39 is 27.6 Å². The molecule has 0 aliphatic carbocycles. The molecule has 0 amide bonds. The number of halogens is 1. The number of ether oxygens (including phenoxy) is 1. The van der Waals surface area contributed by atoms with Gasteiger partial charge in [-0.2, -0.15) is 4.72 Å². The molecule has 0 saturated heterocycles. The monoisotopic (exact) mass is 308 g/mol. The molecule has 2 N–H and O–H groups in total. The Balaban J connectivity index is 2.95. The van der Waals surface area contributed by atoms with Crippen molar-refractivity contribution in [3.05, 3.63) is 27.6 Å². The predicted molar refractivity (Wildman–Crippen MR) is 68.5 cm³/mol. The number of sulfonamides is 1. The number of aromatic amines is 1. The number of hydrogen-bond acceptors (Lipinski definition) is 5. The average Bonchev–Trinajstić information content (AvgIpc) is 2.32. The molecule has 0 aromatic carbocycles. The van der Waals surface area contributed by atoms with Crippen LogP contribution in [0.4, 0.5) is 0 Å². The van der Waals surface area contributed by atoms with Crippen molar-refractivity contribution in [2.75, 3.05) is 6.61 Å². The smallest absolute Gasteiger partial charge is 0.323 e. The highest BCUT2D eigenvalue weighted by Gasteiger charge is 2.23. The number of aromatic nitrogens is 1. The summed E-state index contributed by atoms with van der Waals surface area (Å²) in [7, 11) is -3.97. The van der Waals surface area contributed by atoms with Crippen LogP contribution in [0.2, 0.25) is 5.02 Å². The van der Waals surface area contributed by atoms with Gasteiger partial charge in [0.2, 0.25) is 10.0 Å². The zero-order valence-corrected chi connectivity index (χ0v) is 11.8. The summed E-state index contributed by atoms with van der Waals surface area (Å²) in [5.74, 6) is -0.693. The van der Waals surface area contributed by atoms with Crippen LogP contribution >= 0.6 is 11.6 Å². The van der Waals surface area contributed by atoms with E-state index in [0.29, 0.717) is 0 Å². The van der Waals surface area contributed by atoms with Crippen LogP contribution in [0.1, 0.15) is 13.8 Å². The topological polar surface area (TPSA) is 105 Å². The fourth-order valence-corrected chi connectivity index (χ4v) is 2.63. The SMILES string of the molecule is CCOC(=O)C(C)NS(=O)(=O)c1c[nH]c(=O)c(Cl)c1. The number of nitrogens with one attached hydrogen (secondary N) is 2. The van der Waals surface area contributed by atoms with Crippen LogP contribution in [0.5, 0.6) is 0 Å². The molecule has 0 radical (unpaired) electrons. The number of carbonyl (C=O) groups excluding carboxylic acids is 1. The molecule has 0 saturated carbocycles. The van der Waals surface area contributed by atoms with Crippen LogP contribution < -0.4 is 10.3 Å². The Labute approximate surface area is 115 Å². The summed E-state index contributed by atoms with van der Waals surface area (Å²) in [6.45, 7) is 3.11. The Bertz CT molecular complexity index is 625. The number of rotatable bonds is 5. The lowest BCUT2D eigenvalue weighted by Crippen LogP contribution is -2.39. The van der Waals surface area contributed by atoms with E-state index in [1.165, 1.54) is 6.92 Å². The first-order valence-corrected chi connectivity index (χ1v) is 7.21. The standard InChI is InChI=1S/C10H13ClN2O5S/c1-3-18-10(15)6(2)13-19(16,17)7-4-8(11)9(14)12-5-7/h4-6,13H,3H2,1-2H3,(H,12,14). The minimum atomic E-state index is -3.97. The molecule has 19 heavy (non-hydrogen) atoms. The fourth-order valence-electron chi connectivity index (χ4n) is 1.21. The number of pyridine rings is 1. The Kier molecular flexibility index (Phi) is 5.10. The lowest BCUT2D eigenvalue weighted by atomic mass is 10.4. The van der Waals surface area contributed by atoms with E-state index in [9.17, 15) is 18.0 Å². The van der Waals surface area contributed by atoms with Crippen LogP contribution in [0.25, 0.3) is 0 Å². The molecule has 1 heterocycles. The Hall–Kier alpha value is -1.38. The first-order chi connectivity index (χ1) is 8.77. The van der Waals surface area contributed by atoms with Gasteiger partial charge in [0.1, 0.15) is 11.1 Å². The van der Waals surface area contributed by atoms with Gasteiger partial charge in [0.05, 0.1) is 11.5 Å². The van der Waals surface area contributed by atoms with Gasteiger partial charge in [-0.25, -0.2) is 8.42 Å². The first-order valence-electron chi connectivity index (χ1n) is 5.35. The van der Waals surface area contributed by atoms with Crippen molar-refractivity contribution in [3.63, 3.8) is 0 Å². The minimum absolute atomic E-state index is 0.148. The molecule has 0 bridgehead atoms. The lowest BCUT2D eigenvalue weighted by molar-refractivity contribution is -0.144. The van der Waals surface area contributed by atoms with Gasteiger partial charge in [-0.3, -0.25) is 9.59 Å². The zero-order chi connectivity index (χ0) is 14.6. The van der Waals surface area contributed by atoms with Crippen LogP contribution in [0.15, 0.2) is 22.0 Å². The second-order valence-electron chi connectivity index (χ2n) is 3.61. The summed E-state index contributed by atoms with van der Waals surface area (Å²) in [6, 6.07) is -0.0451. The van der Waals surface area contributed by atoms with Gasteiger partial charge in [0, 0.05) is 6.20 Å². The molecule has 106 valence electrons. The number of H-pyrrole nitrogens is 1. The number of carbonyl (C=O) groups is 1. The highest BCUT2D eigenvalue weighted by Crippen LogP contribution is 2.11. The van der Waals surface area contributed by atoms with Gasteiger partial charge in [-0.15, -0.1) is 0 Å². The van der Waals surface area contributed by atoms with Crippen molar-refractivity contribution in [2.45, 2.75) is 24.8 Å². The average molecular weight is 309 g/mol. The maximum atomic E-state index is 11.9. The fraction of sp³-hybridized carbons (Fsp3) is 0.400. The second kappa shape index (κ2) is 6.18. The van der Waals surface area contributed by atoms with E-state index in [2.05, 4.69) is 14.4 Å². The highest BCUT2D eigenvalue weighted by molar-refractivity contribution is 7.89. The minimum Gasteiger partial charge on any atom is -0.465 e. The van der Waals surface area contributed by atoms with Crippen LogP contribution in [-0.4, -0.2) is 32.0 Å². The van der Waals surface area contributed by atoms with Crippen molar-refractivity contribution >= 4 is 27.6 Å². The van der Waals surface area contributed by atoms with E-state index >= 15 is 0 Å².